The van der Waals surface area contributed by atoms with E-state index >= 15 is 0 Å². The summed E-state index contributed by atoms with van der Waals surface area (Å²) in [5, 5.41) is 2.74. The lowest BCUT2D eigenvalue weighted by molar-refractivity contribution is -0.139. The minimum atomic E-state index is -0.421. The monoisotopic (exact) mass is 288 g/mol. The first-order valence-electron chi connectivity index (χ1n) is 7.42. The van der Waals surface area contributed by atoms with Gasteiger partial charge in [0.2, 0.25) is 11.8 Å². The van der Waals surface area contributed by atoms with Crippen LogP contribution in [0.3, 0.4) is 0 Å². The summed E-state index contributed by atoms with van der Waals surface area (Å²) in [7, 11) is 0. The summed E-state index contributed by atoms with van der Waals surface area (Å²) in [6, 6.07) is 3.45. The van der Waals surface area contributed by atoms with Crippen molar-refractivity contribution >= 4 is 17.9 Å². The number of hydrogen-bond acceptors (Lipinski definition) is 3. The number of piperazine rings is 1. The van der Waals surface area contributed by atoms with E-state index in [0.717, 1.165) is 5.76 Å². The zero-order valence-corrected chi connectivity index (χ0v) is 12.3. The van der Waals surface area contributed by atoms with E-state index in [1.807, 2.05) is 12.1 Å². The van der Waals surface area contributed by atoms with Crippen LogP contribution >= 0.6 is 0 Å². The van der Waals surface area contributed by atoms with Crippen LogP contribution in [0.5, 0.6) is 0 Å². The maximum absolute atomic E-state index is 12.1. The Balaban J connectivity index is 1.63. The Morgan fingerprint density at radius 1 is 1.43 bits per heavy atom. The number of carbonyl (C=O) groups excluding carboxylic acids is 2. The molecule has 2 heterocycles. The van der Waals surface area contributed by atoms with Gasteiger partial charge in [-0.05, 0) is 37.5 Å². The van der Waals surface area contributed by atoms with Gasteiger partial charge in [0.15, 0.2) is 0 Å². The topological polar surface area (TPSA) is 62.6 Å². The van der Waals surface area contributed by atoms with Crippen molar-refractivity contribution in [1.82, 2.24) is 10.2 Å². The largest absolute Gasteiger partial charge is 0.461 e. The second-order valence-electron chi connectivity index (χ2n) is 5.89. The van der Waals surface area contributed by atoms with Gasteiger partial charge in [-0.1, -0.05) is 6.92 Å². The van der Waals surface area contributed by atoms with Crippen LogP contribution in [-0.4, -0.2) is 35.8 Å². The Kier molecular flexibility index (Phi) is 3.57. The van der Waals surface area contributed by atoms with Crippen LogP contribution in [0.2, 0.25) is 0 Å². The highest BCUT2D eigenvalue weighted by molar-refractivity contribution is 5.95. The summed E-state index contributed by atoms with van der Waals surface area (Å²) < 4.78 is 5.73. The molecule has 0 bridgehead atoms. The van der Waals surface area contributed by atoms with Crippen LogP contribution in [-0.2, 0) is 9.59 Å². The summed E-state index contributed by atoms with van der Waals surface area (Å²) in [6.07, 6.45) is 4.34. The molecule has 1 saturated carbocycles. The molecule has 3 unspecified atom stereocenters. The van der Waals surface area contributed by atoms with Crippen LogP contribution < -0.4 is 5.32 Å². The van der Waals surface area contributed by atoms with Gasteiger partial charge in [-0.15, -0.1) is 0 Å². The van der Waals surface area contributed by atoms with E-state index in [9.17, 15) is 9.59 Å². The SMILES string of the molecule is CC1CC1c1ccc(C=CC(=O)N2CCNC(=O)C2C)o1. The molecule has 1 saturated heterocycles. The molecule has 0 aromatic carbocycles. The molecule has 1 aromatic heterocycles. The Labute approximate surface area is 124 Å². The lowest BCUT2D eigenvalue weighted by Gasteiger charge is -2.31. The van der Waals surface area contributed by atoms with Gasteiger partial charge in [-0.25, -0.2) is 0 Å². The highest BCUT2D eigenvalue weighted by Crippen LogP contribution is 2.47. The number of hydrogen-bond donors (Lipinski definition) is 1. The quantitative estimate of drug-likeness (QED) is 0.862. The van der Waals surface area contributed by atoms with Crippen LogP contribution in [0.4, 0.5) is 0 Å². The molecule has 5 heteroatoms. The molecule has 1 N–H and O–H groups in total. The molecule has 0 radical (unpaired) electrons. The Bertz CT molecular complexity index is 590. The average molecular weight is 288 g/mol. The molecule has 1 aliphatic carbocycles. The van der Waals surface area contributed by atoms with Gasteiger partial charge in [0.25, 0.3) is 0 Å². The predicted octanol–water partition coefficient (Wildman–Crippen LogP) is 1.76. The minimum Gasteiger partial charge on any atom is -0.461 e. The Morgan fingerprint density at radius 2 is 2.19 bits per heavy atom. The molecule has 2 fully saturated rings. The molecular weight excluding hydrogens is 268 g/mol. The molecule has 112 valence electrons. The van der Waals surface area contributed by atoms with Gasteiger partial charge < -0.3 is 14.6 Å². The van der Waals surface area contributed by atoms with Crippen molar-refractivity contribution in [2.24, 2.45) is 5.92 Å². The van der Waals surface area contributed by atoms with Crippen molar-refractivity contribution in [3.05, 3.63) is 29.7 Å². The van der Waals surface area contributed by atoms with E-state index in [-0.39, 0.29) is 11.8 Å². The zero-order chi connectivity index (χ0) is 15.0. The molecular formula is C16H20N2O3. The van der Waals surface area contributed by atoms with Crippen LogP contribution in [0, 0.1) is 5.92 Å². The van der Waals surface area contributed by atoms with Gasteiger partial charge in [-0.3, -0.25) is 9.59 Å². The van der Waals surface area contributed by atoms with Crippen molar-refractivity contribution < 1.29 is 14.0 Å². The van der Waals surface area contributed by atoms with Gasteiger partial charge in [0, 0.05) is 25.1 Å². The van der Waals surface area contributed by atoms with E-state index < -0.39 is 6.04 Å². The first kappa shape index (κ1) is 13.9. The predicted molar refractivity (Wildman–Crippen MR) is 78.4 cm³/mol. The standard InChI is InChI=1S/C16H20N2O3/c1-10-9-13(10)14-5-3-12(21-14)4-6-15(19)18-8-7-17-16(20)11(18)2/h3-6,10-11,13H,7-9H2,1-2H3,(H,17,20). The lowest BCUT2D eigenvalue weighted by Crippen LogP contribution is -2.55. The van der Waals surface area contributed by atoms with Crippen molar-refractivity contribution in [3.63, 3.8) is 0 Å². The van der Waals surface area contributed by atoms with Crippen LogP contribution in [0.25, 0.3) is 6.08 Å². The van der Waals surface area contributed by atoms with E-state index in [2.05, 4.69) is 12.2 Å². The summed E-state index contributed by atoms with van der Waals surface area (Å²) in [6.45, 7) is 4.99. The lowest BCUT2D eigenvalue weighted by atomic mass is 10.2. The van der Waals surface area contributed by atoms with E-state index in [1.54, 1.807) is 17.9 Å². The highest BCUT2D eigenvalue weighted by Gasteiger charge is 2.36. The fraction of sp³-hybridized carbons (Fsp3) is 0.500. The van der Waals surface area contributed by atoms with E-state index in [0.29, 0.717) is 30.7 Å². The molecule has 0 spiro atoms. The van der Waals surface area contributed by atoms with Crippen molar-refractivity contribution in [2.45, 2.75) is 32.2 Å². The normalized spacial score (nSPS) is 28.8. The molecule has 21 heavy (non-hydrogen) atoms. The third-order valence-corrected chi connectivity index (χ3v) is 4.29. The fourth-order valence-electron chi connectivity index (χ4n) is 2.71. The second-order valence-corrected chi connectivity index (χ2v) is 5.89. The molecule has 2 amide bonds. The molecule has 5 nitrogen and oxygen atoms in total. The van der Waals surface area contributed by atoms with Gasteiger partial charge in [0.05, 0.1) is 0 Å². The molecule has 1 aliphatic heterocycles. The van der Waals surface area contributed by atoms with Gasteiger partial charge in [0.1, 0.15) is 17.6 Å². The maximum atomic E-state index is 12.1. The Hall–Kier alpha value is -2.04. The first-order chi connectivity index (χ1) is 10.1. The van der Waals surface area contributed by atoms with Crippen molar-refractivity contribution in [1.29, 1.82) is 0 Å². The zero-order valence-electron chi connectivity index (χ0n) is 12.3. The summed E-state index contributed by atoms with van der Waals surface area (Å²) in [5.41, 5.74) is 0. The summed E-state index contributed by atoms with van der Waals surface area (Å²) in [4.78, 5) is 25.3. The number of carbonyl (C=O) groups is 2. The maximum Gasteiger partial charge on any atom is 0.247 e. The van der Waals surface area contributed by atoms with E-state index in [1.165, 1.54) is 12.5 Å². The minimum absolute atomic E-state index is 0.106. The summed E-state index contributed by atoms with van der Waals surface area (Å²) >= 11 is 0. The highest BCUT2D eigenvalue weighted by atomic mass is 16.3. The first-order valence-corrected chi connectivity index (χ1v) is 7.42. The van der Waals surface area contributed by atoms with Crippen LogP contribution in [0.1, 0.15) is 37.7 Å². The third kappa shape index (κ3) is 2.86. The second kappa shape index (κ2) is 5.39. The molecule has 1 aromatic rings. The van der Waals surface area contributed by atoms with Gasteiger partial charge in [-0.2, -0.15) is 0 Å². The van der Waals surface area contributed by atoms with Crippen LogP contribution in [0.15, 0.2) is 22.6 Å². The number of amides is 2. The number of rotatable bonds is 3. The molecule has 3 rings (SSSR count). The van der Waals surface area contributed by atoms with Crippen molar-refractivity contribution in [2.75, 3.05) is 13.1 Å². The number of nitrogens with zero attached hydrogens (tertiary/aromatic N) is 1. The smallest absolute Gasteiger partial charge is 0.247 e. The molecule has 3 atom stereocenters. The molecule has 2 aliphatic rings. The number of furan rings is 1. The summed E-state index contributed by atoms with van der Waals surface area (Å²) in [5.74, 6) is 2.66. The fourth-order valence-corrected chi connectivity index (χ4v) is 2.71. The number of nitrogens with one attached hydrogen (secondary N) is 1. The van der Waals surface area contributed by atoms with Crippen molar-refractivity contribution in [3.8, 4) is 0 Å². The van der Waals surface area contributed by atoms with Gasteiger partial charge >= 0.3 is 0 Å². The average Bonchev–Trinajstić information content (AvgIpc) is 3.01. The Morgan fingerprint density at radius 3 is 2.90 bits per heavy atom. The van der Waals surface area contributed by atoms with E-state index in [4.69, 9.17) is 4.42 Å². The third-order valence-electron chi connectivity index (χ3n) is 4.29.